The topological polar surface area (TPSA) is 208 Å². The molecule has 14 nitrogen and oxygen atoms in total. The number of rotatable bonds is 9. The summed E-state index contributed by atoms with van der Waals surface area (Å²) in [5, 5.41) is 68.2. The number of aliphatic imine (C=N–C) groups is 1. The number of aromatic hydroxyl groups is 1. The van der Waals surface area contributed by atoms with Gasteiger partial charge in [0.25, 0.3) is 5.91 Å². The van der Waals surface area contributed by atoms with Crippen LogP contribution in [0.4, 0.5) is 0 Å². The number of carbonyl (C=O) groups excluding carboxylic acids is 2. The predicted octanol–water partition coefficient (Wildman–Crippen LogP) is 4.45. The van der Waals surface area contributed by atoms with Crippen molar-refractivity contribution in [2.24, 2.45) is 10.9 Å². The molecule has 0 aromatic heterocycles. The van der Waals surface area contributed by atoms with Crippen LogP contribution in [0.25, 0.3) is 22.9 Å². The third kappa shape index (κ3) is 6.74. The number of hydrogen-bond donors (Lipinski definition) is 6. The van der Waals surface area contributed by atoms with Gasteiger partial charge in [-0.05, 0) is 78.5 Å². The molecule has 2 bridgehead atoms. The van der Waals surface area contributed by atoms with E-state index in [1.54, 1.807) is 36.6 Å². The Morgan fingerprint density at radius 3 is 2.71 bits per heavy atom. The van der Waals surface area contributed by atoms with E-state index in [1.807, 2.05) is 36.8 Å². The Balaban J connectivity index is 1.17. The highest BCUT2D eigenvalue weighted by Crippen LogP contribution is 2.55. The summed E-state index contributed by atoms with van der Waals surface area (Å²) in [7, 11) is 1.48. The molecule has 4 heterocycles. The van der Waals surface area contributed by atoms with Crippen LogP contribution >= 0.6 is 0 Å². The van der Waals surface area contributed by atoms with E-state index in [4.69, 9.17) is 18.9 Å². The quantitative estimate of drug-likeness (QED) is 0.130. The number of Topliss-reactive ketones (excluding diaryl/α,β-unsaturated/α-hetero) is 1. The molecule has 0 radical (unpaired) electrons. The number of hydrogen-bond acceptors (Lipinski definition) is 13. The maximum Gasteiger partial charge on any atom is 0.254 e. The molecule has 3 aliphatic carbocycles. The van der Waals surface area contributed by atoms with Gasteiger partial charge in [-0.3, -0.25) is 9.59 Å². The van der Waals surface area contributed by atoms with Crippen LogP contribution < -0.4 is 9.47 Å². The number of aliphatic hydroxyl groups excluding tert-OH is 4. The number of allylic oxidation sites excluding steroid dienone is 5. The number of nitrogens with zero attached hydrogens (tertiary/aromatic N) is 2. The Bertz CT molecular complexity index is 2610. The van der Waals surface area contributed by atoms with Crippen LogP contribution in [-0.2, 0) is 16.0 Å². The molecule has 2 fully saturated rings. The van der Waals surface area contributed by atoms with Gasteiger partial charge in [0, 0.05) is 48.2 Å². The molecule has 1 amide bonds. The molecular weight excluding hydrogens is 809 g/mol. The van der Waals surface area contributed by atoms with E-state index in [-0.39, 0.29) is 72.1 Å². The van der Waals surface area contributed by atoms with Gasteiger partial charge in [-0.1, -0.05) is 36.8 Å². The highest BCUT2D eigenvalue weighted by Gasteiger charge is 2.57. The number of phenolic OH excluding ortho intramolecular Hbond substituents is 1. The van der Waals surface area contributed by atoms with Gasteiger partial charge < -0.3 is 54.5 Å². The molecule has 1 saturated carbocycles. The number of amides is 1. The summed E-state index contributed by atoms with van der Waals surface area (Å²) < 4.78 is 25.4. The largest absolute Gasteiger partial charge is 0.506 e. The zero-order valence-electron chi connectivity index (χ0n) is 34.6. The predicted molar refractivity (Wildman–Crippen MR) is 231 cm³/mol. The second kappa shape index (κ2) is 16.2. The monoisotopic (exact) mass is 857 g/mol. The Kier molecular flexibility index (Phi) is 10.7. The lowest BCUT2D eigenvalue weighted by atomic mass is 9.75. The van der Waals surface area contributed by atoms with Crippen molar-refractivity contribution >= 4 is 40.8 Å². The standard InChI is InChI=1S/C49H48N2O12/c1-60-38-19-33-30-13-12-26-8-4-10-28(26)40(30)42(36(54)22-51-21-27-7-2-3-9-29(27)47(51)58)44(56)41(33)45-31(38)14-16-37(34-20-50-35-15-11-25(6-5-17-52)18-32(34)35)61-23-39-43(55)46(57)49(59,24-53)48(62-39)63-45/h2-3,7,9,11-16,18-20,26,28,37,39,43,46,48,52-53,55,57,59H,4-6,8,10,17,21-24H2,1H3/p+1/b16-14+/t26-,28-,37-,39-,43-,46+,48-,49-/m1/s1. The molecule has 3 aromatic carbocycles. The van der Waals surface area contributed by atoms with E-state index < -0.39 is 54.4 Å². The molecule has 3 aromatic rings. The van der Waals surface area contributed by atoms with Gasteiger partial charge in [0.15, 0.2) is 17.1 Å². The first-order valence-electron chi connectivity index (χ1n) is 21.5. The zero-order chi connectivity index (χ0) is 43.7. The minimum absolute atomic E-state index is 0.0386. The number of aliphatic hydroxyl groups is 5. The van der Waals surface area contributed by atoms with Crippen molar-refractivity contribution in [1.82, 2.24) is 4.90 Å². The Labute approximate surface area is 363 Å². The molecule has 7 aliphatic rings. The van der Waals surface area contributed by atoms with E-state index in [2.05, 4.69) is 11.1 Å². The van der Waals surface area contributed by atoms with Crippen molar-refractivity contribution in [3.05, 3.63) is 117 Å². The van der Waals surface area contributed by atoms with Gasteiger partial charge >= 0.3 is 0 Å². The van der Waals surface area contributed by atoms with Crippen LogP contribution in [0.2, 0.25) is 0 Å². The summed E-state index contributed by atoms with van der Waals surface area (Å²) in [6, 6.07) is 8.98. The summed E-state index contributed by atoms with van der Waals surface area (Å²) in [5.41, 5.74) is 3.53. The molecule has 14 heteroatoms. The number of carbonyl (C=O) groups is 2. The second-order valence-corrected chi connectivity index (χ2v) is 17.3. The van der Waals surface area contributed by atoms with Crippen molar-refractivity contribution in [3.63, 3.8) is 0 Å². The minimum atomic E-state index is -2.58. The van der Waals surface area contributed by atoms with Crippen molar-refractivity contribution in [3.8, 4) is 17.2 Å². The summed E-state index contributed by atoms with van der Waals surface area (Å²) >= 11 is 0. The smallest absolute Gasteiger partial charge is 0.254 e. The van der Waals surface area contributed by atoms with Crippen LogP contribution in [-0.4, -0.2) is 123 Å². The maximum atomic E-state index is 14.9. The number of phenols is 1. The summed E-state index contributed by atoms with van der Waals surface area (Å²) in [5.74, 6) is -0.933. The van der Waals surface area contributed by atoms with Crippen LogP contribution in [0.5, 0.6) is 17.2 Å². The van der Waals surface area contributed by atoms with E-state index in [0.717, 1.165) is 36.0 Å². The fourth-order valence-corrected chi connectivity index (χ4v) is 10.4. The average Bonchev–Trinajstić information content (AvgIpc) is 4.03. The normalized spacial score (nSPS) is 29.7. The van der Waals surface area contributed by atoms with Crippen LogP contribution in [0.3, 0.4) is 0 Å². The third-order valence-corrected chi connectivity index (χ3v) is 13.7. The Morgan fingerprint density at radius 1 is 1.10 bits per heavy atom. The lowest BCUT2D eigenvalue weighted by Crippen LogP contribution is -2.69. The van der Waals surface area contributed by atoms with Crippen LogP contribution in [0.1, 0.15) is 81.0 Å². The number of ketones is 1. The first-order valence-corrected chi connectivity index (χ1v) is 21.5. The molecule has 10 rings (SSSR count). The molecule has 0 unspecified atom stereocenters. The van der Waals surface area contributed by atoms with Crippen molar-refractivity contribution in [1.29, 1.82) is 0 Å². The molecule has 4 aliphatic heterocycles. The fraction of sp³-hybridized carbons (Fsp3) is 0.388. The molecule has 326 valence electrons. The molecule has 6 N–H and O–H groups in total. The molecule has 1 saturated heterocycles. The highest BCUT2D eigenvalue weighted by molar-refractivity contribution is 6.14. The number of ether oxygens (including phenoxy) is 4. The van der Waals surface area contributed by atoms with Gasteiger partial charge in [0.2, 0.25) is 6.29 Å². The summed E-state index contributed by atoms with van der Waals surface area (Å²) in [6.07, 6.45) is 11.1. The van der Waals surface area contributed by atoms with E-state index in [0.29, 0.717) is 46.2 Å². The molecule has 0 spiro atoms. The van der Waals surface area contributed by atoms with Crippen molar-refractivity contribution in [2.75, 3.05) is 33.5 Å². The average molecular weight is 858 g/mol. The summed E-state index contributed by atoms with van der Waals surface area (Å²) in [6.45, 7) is -1.42. The lowest BCUT2D eigenvalue weighted by Gasteiger charge is -2.47. The number of methoxy groups -OCH3 is 1. The molecule has 8 atom stereocenters. The zero-order valence-corrected chi connectivity index (χ0v) is 34.6. The van der Waals surface area contributed by atoms with Gasteiger partial charge in [-0.2, -0.15) is 4.99 Å². The maximum absolute atomic E-state index is 14.9. The van der Waals surface area contributed by atoms with E-state index in [9.17, 15) is 40.2 Å². The van der Waals surface area contributed by atoms with E-state index in [1.165, 1.54) is 12.0 Å². The van der Waals surface area contributed by atoms with E-state index >= 15 is 0 Å². The number of benzene rings is 3. The SMILES string of the molecule is COc1cc2c3c(c(C(=O)CN4Cc5ccccc5C4=O)c(O)c2c2c1/C=C/[C@H](C1=C4[CH+]C(CCCO)=CC=C4N=C1)OC[C@H]1O[C@H](O2)[C@@](O)(CO)[C@@H](O)[C@@H]1O)[C@@H]1CCC[C@@H]1C=C3. The lowest BCUT2D eigenvalue weighted by molar-refractivity contribution is -0.329. The van der Waals surface area contributed by atoms with Crippen LogP contribution in [0.15, 0.2) is 82.0 Å². The van der Waals surface area contributed by atoms with Gasteiger partial charge in [0.1, 0.15) is 47.2 Å². The molecule has 63 heavy (non-hydrogen) atoms. The minimum Gasteiger partial charge on any atom is -0.506 e. The van der Waals surface area contributed by atoms with Crippen molar-refractivity contribution in [2.45, 2.75) is 80.9 Å². The van der Waals surface area contributed by atoms with Crippen LogP contribution in [0, 0.1) is 12.3 Å². The Morgan fingerprint density at radius 2 is 1.92 bits per heavy atom. The highest BCUT2D eigenvalue weighted by atomic mass is 16.7. The fourth-order valence-electron chi connectivity index (χ4n) is 10.4. The molecular formula is C49H49N2O12+. The first kappa shape index (κ1) is 41.4. The second-order valence-electron chi connectivity index (χ2n) is 17.3. The Hall–Kier alpha value is -5.58. The van der Waals surface area contributed by atoms with Gasteiger partial charge in [0.05, 0.1) is 55.2 Å². The van der Waals surface area contributed by atoms with Crippen molar-refractivity contribution < 1.29 is 59.2 Å². The van der Waals surface area contributed by atoms with Gasteiger partial charge in [-0.25, -0.2) is 0 Å². The third-order valence-electron chi connectivity index (χ3n) is 13.7. The number of fused-ring (bicyclic) bond motifs is 11. The van der Waals surface area contributed by atoms with Gasteiger partial charge in [-0.15, -0.1) is 0 Å². The summed E-state index contributed by atoms with van der Waals surface area (Å²) in [4.78, 5) is 34.6. The first-order chi connectivity index (χ1) is 30.5.